The Kier molecular flexibility index (Phi) is 3.27. The van der Waals surface area contributed by atoms with Crippen LogP contribution in [0, 0.1) is 0 Å². The second kappa shape index (κ2) is 4.90. The summed E-state index contributed by atoms with van der Waals surface area (Å²) in [6, 6.07) is 11.4. The molecule has 0 fully saturated rings. The first-order chi connectivity index (χ1) is 11.5. The quantitative estimate of drug-likeness (QED) is 0.422. The first kappa shape index (κ1) is 16.7. The molecule has 0 aliphatic heterocycles. The van der Waals surface area contributed by atoms with E-state index < -0.39 is 0 Å². The maximum Gasteiger partial charge on any atom is 0.135 e. The molecule has 1 heterocycles. The standard InChI is InChI=1S/C24H30O/c1-22(2,3)15-8-9-20-16(12-15)17-13-18-19(14-21(17)25-20)24(6,7)11-10-23(18,4)5/h8-9,12-14H,10-11H2,1-7H3. The summed E-state index contributed by atoms with van der Waals surface area (Å²) in [5.41, 5.74) is 6.95. The van der Waals surface area contributed by atoms with E-state index in [9.17, 15) is 0 Å². The fourth-order valence-corrected chi connectivity index (χ4v) is 4.30. The molecular formula is C24H30O. The summed E-state index contributed by atoms with van der Waals surface area (Å²) in [6.07, 6.45) is 2.47. The van der Waals surface area contributed by atoms with Crippen molar-refractivity contribution >= 4 is 21.9 Å². The average Bonchev–Trinajstić information content (AvgIpc) is 2.87. The van der Waals surface area contributed by atoms with Gasteiger partial charge in [-0.15, -0.1) is 0 Å². The van der Waals surface area contributed by atoms with Gasteiger partial charge in [0.05, 0.1) is 0 Å². The van der Waals surface area contributed by atoms with E-state index in [1.54, 1.807) is 0 Å². The Balaban J connectivity index is 2.06. The van der Waals surface area contributed by atoms with Crippen molar-refractivity contribution in [3.05, 3.63) is 47.0 Å². The third-order valence-corrected chi connectivity index (χ3v) is 6.31. The Bertz CT molecular complexity index is 977. The highest BCUT2D eigenvalue weighted by atomic mass is 16.3. The van der Waals surface area contributed by atoms with Crippen LogP contribution in [0.2, 0.25) is 0 Å². The minimum absolute atomic E-state index is 0.146. The van der Waals surface area contributed by atoms with Crippen LogP contribution >= 0.6 is 0 Å². The lowest BCUT2D eigenvalue weighted by Gasteiger charge is -2.41. The van der Waals surface area contributed by atoms with E-state index in [0.29, 0.717) is 0 Å². The summed E-state index contributed by atoms with van der Waals surface area (Å²) in [5, 5.41) is 2.52. The number of fused-ring (bicyclic) bond motifs is 4. The highest BCUT2D eigenvalue weighted by Crippen LogP contribution is 2.48. The van der Waals surface area contributed by atoms with Gasteiger partial charge in [0.25, 0.3) is 0 Å². The number of hydrogen-bond donors (Lipinski definition) is 0. The zero-order valence-electron chi connectivity index (χ0n) is 16.7. The molecule has 0 unspecified atom stereocenters. The highest BCUT2D eigenvalue weighted by molar-refractivity contribution is 6.05. The lowest BCUT2D eigenvalue weighted by molar-refractivity contribution is 0.332. The normalized spacial score (nSPS) is 19.3. The largest absolute Gasteiger partial charge is 0.456 e. The Hall–Kier alpha value is -1.76. The fourth-order valence-electron chi connectivity index (χ4n) is 4.30. The van der Waals surface area contributed by atoms with Gasteiger partial charge in [0.1, 0.15) is 11.2 Å². The zero-order valence-corrected chi connectivity index (χ0v) is 16.7. The van der Waals surface area contributed by atoms with Crippen molar-refractivity contribution in [1.82, 2.24) is 0 Å². The van der Waals surface area contributed by atoms with Crippen LogP contribution < -0.4 is 0 Å². The van der Waals surface area contributed by atoms with Crippen LogP contribution in [0.1, 0.15) is 78.0 Å². The van der Waals surface area contributed by atoms with E-state index in [0.717, 1.165) is 11.2 Å². The summed E-state index contributed by atoms with van der Waals surface area (Å²) < 4.78 is 6.25. The van der Waals surface area contributed by atoms with Gasteiger partial charge < -0.3 is 4.42 Å². The summed E-state index contributed by atoms with van der Waals surface area (Å²) >= 11 is 0. The molecule has 2 aromatic carbocycles. The Labute approximate surface area is 151 Å². The van der Waals surface area contributed by atoms with Gasteiger partial charge in [0, 0.05) is 10.8 Å². The second-order valence-corrected chi connectivity index (χ2v) is 10.2. The van der Waals surface area contributed by atoms with Gasteiger partial charge in [-0.1, -0.05) is 54.5 Å². The fraction of sp³-hybridized carbons (Fsp3) is 0.500. The molecule has 1 aliphatic rings. The molecule has 3 aromatic rings. The Morgan fingerprint density at radius 2 is 1.32 bits per heavy atom. The van der Waals surface area contributed by atoms with E-state index in [1.807, 2.05) is 0 Å². The molecule has 1 heteroatoms. The van der Waals surface area contributed by atoms with Gasteiger partial charge in [-0.2, -0.15) is 0 Å². The van der Waals surface area contributed by atoms with Crippen molar-refractivity contribution in [1.29, 1.82) is 0 Å². The van der Waals surface area contributed by atoms with E-state index in [-0.39, 0.29) is 16.2 Å². The lowest BCUT2D eigenvalue weighted by atomic mass is 9.63. The maximum absolute atomic E-state index is 6.25. The molecule has 4 rings (SSSR count). The van der Waals surface area contributed by atoms with Gasteiger partial charge >= 0.3 is 0 Å². The van der Waals surface area contributed by atoms with E-state index in [2.05, 4.69) is 78.8 Å². The lowest BCUT2D eigenvalue weighted by Crippen LogP contribution is -2.33. The van der Waals surface area contributed by atoms with Crippen molar-refractivity contribution in [3.63, 3.8) is 0 Å². The first-order valence-corrected chi connectivity index (χ1v) is 9.51. The van der Waals surface area contributed by atoms with E-state index in [1.165, 1.54) is 40.3 Å². The van der Waals surface area contributed by atoms with Gasteiger partial charge in [0.2, 0.25) is 0 Å². The molecule has 0 N–H and O–H groups in total. The third kappa shape index (κ3) is 2.51. The van der Waals surface area contributed by atoms with Crippen molar-refractivity contribution in [3.8, 4) is 0 Å². The van der Waals surface area contributed by atoms with Gasteiger partial charge in [0.15, 0.2) is 0 Å². The number of hydrogen-bond acceptors (Lipinski definition) is 1. The predicted octanol–water partition coefficient (Wildman–Crippen LogP) is 7.23. The van der Waals surface area contributed by atoms with Gasteiger partial charge in [-0.05, 0) is 70.0 Å². The molecule has 132 valence electrons. The van der Waals surface area contributed by atoms with Gasteiger partial charge in [-0.3, -0.25) is 0 Å². The number of benzene rings is 2. The molecule has 0 bridgehead atoms. The molecule has 0 atom stereocenters. The molecule has 0 spiro atoms. The molecule has 1 aromatic heterocycles. The van der Waals surface area contributed by atoms with Crippen molar-refractivity contribution in [2.45, 2.75) is 77.6 Å². The summed E-state index contributed by atoms with van der Waals surface area (Å²) in [5.74, 6) is 0. The molecule has 25 heavy (non-hydrogen) atoms. The monoisotopic (exact) mass is 334 g/mol. The molecule has 0 amide bonds. The highest BCUT2D eigenvalue weighted by Gasteiger charge is 2.37. The van der Waals surface area contributed by atoms with Crippen LogP contribution in [0.4, 0.5) is 0 Å². The third-order valence-electron chi connectivity index (χ3n) is 6.31. The van der Waals surface area contributed by atoms with Crippen molar-refractivity contribution in [2.75, 3.05) is 0 Å². The van der Waals surface area contributed by atoms with Crippen LogP contribution in [-0.2, 0) is 16.2 Å². The number of furan rings is 1. The van der Waals surface area contributed by atoms with E-state index in [4.69, 9.17) is 4.42 Å². The second-order valence-electron chi connectivity index (χ2n) is 10.2. The van der Waals surface area contributed by atoms with Crippen molar-refractivity contribution < 1.29 is 4.42 Å². The van der Waals surface area contributed by atoms with Crippen LogP contribution in [-0.4, -0.2) is 0 Å². The zero-order chi connectivity index (χ0) is 18.2. The number of rotatable bonds is 0. The molecule has 0 radical (unpaired) electrons. The molecule has 0 saturated heterocycles. The molecular weight excluding hydrogens is 304 g/mol. The van der Waals surface area contributed by atoms with Crippen LogP contribution in [0.5, 0.6) is 0 Å². The summed E-state index contributed by atoms with van der Waals surface area (Å²) in [4.78, 5) is 0. The van der Waals surface area contributed by atoms with Crippen LogP contribution in [0.25, 0.3) is 21.9 Å². The SMILES string of the molecule is CC(C)(C)c1ccc2oc3cc4c(cc3c2c1)C(C)(C)CCC4(C)C. The smallest absolute Gasteiger partial charge is 0.135 e. The average molecular weight is 335 g/mol. The molecule has 0 saturated carbocycles. The Morgan fingerprint density at radius 3 is 1.92 bits per heavy atom. The first-order valence-electron chi connectivity index (χ1n) is 9.51. The summed E-state index contributed by atoms with van der Waals surface area (Å²) in [7, 11) is 0. The topological polar surface area (TPSA) is 13.1 Å². The minimum Gasteiger partial charge on any atom is -0.456 e. The van der Waals surface area contributed by atoms with E-state index >= 15 is 0 Å². The Morgan fingerprint density at radius 1 is 0.760 bits per heavy atom. The summed E-state index contributed by atoms with van der Waals surface area (Å²) in [6.45, 7) is 16.3. The van der Waals surface area contributed by atoms with Crippen LogP contribution in [0.3, 0.4) is 0 Å². The molecule has 1 nitrogen and oxygen atoms in total. The molecule has 1 aliphatic carbocycles. The van der Waals surface area contributed by atoms with Crippen molar-refractivity contribution in [2.24, 2.45) is 0 Å². The minimum atomic E-state index is 0.146. The maximum atomic E-state index is 6.25. The van der Waals surface area contributed by atoms with Crippen LogP contribution in [0.15, 0.2) is 34.7 Å². The predicted molar refractivity (Wildman–Crippen MR) is 108 cm³/mol. The van der Waals surface area contributed by atoms with Gasteiger partial charge in [-0.25, -0.2) is 0 Å².